The highest BCUT2D eigenvalue weighted by atomic mass is 32.1. The van der Waals surface area contributed by atoms with Gasteiger partial charge in [0.15, 0.2) is 0 Å². The van der Waals surface area contributed by atoms with E-state index in [0.29, 0.717) is 5.69 Å². The number of carbonyl (C=O) groups excluding carboxylic acids is 1. The predicted molar refractivity (Wildman–Crippen MR) is 83.5 cm³/mol. The lowest BCUT2D eigenvalue weighted by Crippen LogP contribution is -2.27. The minimum Gasteiger partial charge on any atom is -0.357 e. The fourth-order valence-corrected chi connectivity index (χ4v) is 3.78. The number of amides is 1. The van der Waals surface area contributed by atoms with Crippen LogP contribution in [0.1, 0.15) is 41.2 Å². The van der Waals surface area contributed by atoms with Crippen LogP contribution in [-0.2, 0) is 6.42 Å². The number of aromatic amines is 1. The van der Waals surface area contributed by atoms with E-state index in [1.165, 1.54) is 17.8 Å². The third-order valence-electron chi connectivity index (χ3n) is 4.31. The van der Waals surface area contributed by atoms with Crippen LogP contribution in [0.5, 0.6) is 0 Å². The molecule has 1 aliphatic carbocycles. The van der Waals surface area contributed by atoms with E-state index in [-0.39, 0.29) is 5.91 Å². The van der Waals surface area contributed by atoms with Gasteiger partial charge >= 0.3 is 0 Å². The molecule has 1 N–H and O–H groups in total. The van der Waals surface area contributed by atoms with Crippen molar-refractivity contribution >= 4 is 17.2 Å². The number of nitrogens with zero attached hydrogens (tertiary/aromatic N) is 2. The summed E-state index contributed by atoms with van der Waals surface area (Å²) in [5.74, 6) is 0.981. The van der Waals surface area contributed by atoms with E-state index in [0.717, 1.165) is 49.5 Å². The second-order valence-corrected chi connectivity index (χ2v) is 7.02. The molecule has 1 amide bonds. The summed E-state index contributed by atoms with van der Waals surface area (Å²) in [6.45, 7) is 1.77. The molecule has 0 spiro atoms. The standard InChI is InChI=1S/C16H19N3OS/c20-16(19-5-1-2-6-19)13-8-12(9-17-13)14-10-21-15(18-14)7-11-3-4-11/h8-11,17H,1-7H2. The average molecular weight is 301 g/mol. The normalized spacial score (nSPS) is 18.4. The van der Waals surface area contributed by atoms with Crippen molar-refractivity contribution in [2.45, 2.75) is 32.1 Å². The molecule has 2 fully saturated rings. The van der Waals surface area contributed by atoms with Crippen molar-refractivity contribution in [1.29, 1.82) is 0 Å². The second kappa shape index (κ2) is 5.30. The van der Waals surface area contributed by atoms with Gasteiger partial charge in [-0.3, -0.25) is 4.79 Å². The van der Waals surface area contributed by atoms with Gasteiger partial charge in [0.1, 0.15) is 5.69 Å². The Bertz CT molecular complexity index is 650. The van der Waals surface area contributed by atoms with Gasteiger partial charge in [0.25, 0.3) is 5.91 Å². The monoisotopic (exact) mass is 301 g/mol. The number of hydrogen-bond acceptors (Lipinski definition) is 3. The number of likely N-dealkylation sites (tertiary alicyclic amines) is 1. The zero-order valence-electron chi connectivity index (χ0n) is 12.0. The molecular weight excluding hydrogens is 282 g/mol. The predicted octanol–water partition coefficient (Wildman–Crippen LogP) is 3.33. The quantitative estimate of drug-likeness (QED) is 0.941. The number of thiazole rings is 1. The Labute approximate surface area is 128 Å². The summed E-state index contributed by atoms with van der Waals surface area (Å²) >= 11 is 1.74. The van der Waals surface area contributed by atoms with Gasteiger partial charge in [-0.1, -0.05) is 0 Å². The fraction of sp³-hybridized carbons (Fsp3) is 0.500. The average Bonchev–Trinajstić information content (AvgIpc) is 2.98. The lowest BCUT2D eigenvalue weighted by atomic mass is 10.2. The van der Waals surface area contributed by atoms with Crippen LogP contribution in [0.4, 0.5) is 0 Å². The number of hydrogen-bond donors (Lipinski definition) is 1. The second-order valence-electron chi connectivity index (χ2n) is 6.08. The van der Waals surface area contributed by atoms with E-state index in [4.69, 9.17) is 4.98 Å². The summed E-state index contributed by atoms with van der Waals surface area (Å²) in [5.41, 5.74) is 2.70. The van der Waals surface area contributed by atoms with Crippen LogP contribution in [0.3, 0.4) is 0 Å². The van der Waals surface area contributed by atoms with Crippen molar-refractivity contribution in [2.75, 3.05) is 13.1 Å². The molecule has 1 saturated heterocycles. The summed E-state index contributed by atoms with van der Waals surface area (Å²) in [6.07, 6.45) is 7.97. The number of rotatable bonds is 4. The van der Waals surface area contributed by atoms with Gasteiger partial charge in [-0.15, -0.1) is 11.3 Å². The Balaban J connectivity index is 1.50. The summed E-state index contributed by atoms with van der Waals surface area (Å²) in [7, 11) is 0. The summed E-state index contributed by atoms with van der Waals surface area (Å²) in [5, 5.41) is 3.33. The summed E-state index contributed by atoms with van der Waals surface area (Å²) in [6, 6.07) is 1.94. The van der Waals surface area contributed by atoms with Crippen molar-refractivity contribution < 1.29 is 4.79 Å². The Kier molecular flexibility index (Phi) is 3.30. The summed E-state index contributed by atoms with van der Waals surface area (Å²) < 4.78 is 0. The van der Waals surface area contributed by atoms with Crippen LogP contribution >= 0.6 is 11.3 Å². The van der Waals surface area contributed by atoms with Crippen LogP contribution in [0.2, 0.25) is 0 Å². The molecule has 21 heavy (non-hydrogen) atoms. The van der Waals surface area contributed by atoms with Crippen molar-refractivity contribution in [3.8, 4) is 11.3 Å². The Hall–Kier alpha value is -1.62. The molecule has 4 nitrogen and oxygen atoms in total. The van der Waals surface area contributed by atoms with Gasteiger partial charge < -0.3 is 9.88 Å². The molecule has 0 radical (unpaired) electrons. The van der Waals surface area contributed by atoms with Crippen LogP contribution < -0.4 is 0 Å². The van der Waals surface area contributed by atoms with E-state index >= 15 is 0 Å². The van der Waals surface area contributed by atoms with Crippen LogP contribution in [0, 0.1) is 5.92 Å². The lowest BCUT2D eigenvalue weighted by Gasteiger charge is -2.13. The SMILES string of the molecule is O=C(c1cc(-c2csc(CC3CC3)n2)c[nH]1)N1CCCC1. The highest BCUT2D eigenvalue weighted by Gasteiger charge is 2.24. The molecule has 0 atom stereocenters. The molecule has 110 valence electrons. The molecule has 5 heteroatoms. The Morgan fingerprint density at radius 1 is 1.38 bits per heavy atom. The third-order valence-corrected chi connectivity index (χ3v) is 5.19. The molecular formula is C16H19N3OS. The van der Waals surface area contributed by atoms with E-state index < -0.39 is 0 Å². The van der Waals surface area contributed by atoms with Crippen molar-refractivity contribution in [3.05, 3.63) is 28.3 Å². The molecule has 4 rings (SSSR count). The molecule has 0 aromatic carbocycles. The first-order chi connectivity index (χ1) is 10.3. The zero-order valence-corrected chi connectivity index (χ0v) is 12.8. The topological polar surface area (TPSA) is 49.0 Å². The minimum atomic E-state index is 0.118. The van der Waals surface area contributed by atoms with Gasteiger partial charge in [0.2, 0.25) is 0 Å². The molecule has 3 heterocycles. The molecule has 2 aromatic rings. The first-order valence-electron chi connectivity index (χ1n) is 7.72. The number of H-pyrrole nitrogens is 1. The molecule has 1 aliphatic heterocycles. The maximum atomic E-state index is 12.3. The van der Waals surface area contributed by atoms with Gasteiger partial charge in [0.05, 0.1) is 10.7 Å². The Morgan fingerprint density at radius 2 is 2.19 bits per heavy atom. The Morgan fingerprint density at radius 3 is 2.95 bits per heavy atom. The maximum Gasteiger partial charge on any atom is 0.270 e. The van der Waals surface area contributed by atoms with E-state index in [1.807, 2.05) is 17.2 Å². The maximum absolute atomic E-state index is 12.3. The largest absolute Gasteiger partial charge is 0.357 e. The van der Waals surface area contributed by atoms with E-state index in [9.17, 15) is 4.79 Å². The summed E-state index contributed by atoms with van der Waals surface area (Å²) in [4.78, 5) is 22.1. The first kappa shape index (κ1) is 13.1. The smallest absolute Gasteiger partial charge is 0.270 e. The molecule has 0 unspecified atom stereocenters. The lowest BCUT2D eigenvalue weighted by molar-refractivity contribution is 0.0788. The first-order valence-corrected chi connectivity index (χ1v) is 8.60. The van der Waals surface area contributed by atoms with Crippen molar-refractivity contribution in [1.82, 2.24) is 14.9 Å². The number of carbonyl (C=O) groups is 1. The van der Waals surface area contributed by atoms with Crippen molar-refractivity contribution in [2.24, 2.45) is 5.92 Å². The molecule has 0 bridgehead atoms. The molecule has 2 aromatic heterocycles. The van der Waals surface area contributed by atoms with E-state index in [2.05, 4.69) is 10.4 Å². The number of aromatic nitrogens is 2. The molecule has 2 aliphatic rings. The van der Waals surface area contributed by atoms with E-state index in [1.54, 1.807) is 11.3 Å². The highest BCUT2D eigenvalue weighted by molar-refractivity contribution is 7.09. The van der Waals surface area contributed by atoms with Crippen LogP contribution in [0.15, 0.2) is 17.6 Å². The van der Waals surface area contributed by atoms with Gasteiger partial charge in [-0.2, -0.15) is 0 Å². The van der Waals surface area contributed by atoms with Gasteiger partial charge in [-0.25, -0.2) is 4.98 Å². The van der Waals surface area contributed by atoms with Crippen molar-refractivity contribution in [3.63, 3.8) is 0 Å². The van der Waals surface area contributed by atoms with Gasteiger partial charge in [0, 0.05) is 36.7 Å². The minimum absolute atomic E-state index is 0.118. The van der Waals surface area contributed by atoms with Gasteiger partial charge in [-0.05, 0) is 37.7 Å². The highest BCUT2D eigenvalue weighted by Crippen LogP contribution is 2.34. The zero-order chi connectivity index (χ0) is 14.2. The fourth-order valence-electron chi connectivity index (χ4n) is 2.86. The number of nitrogens with one attached hydrogen (secondary N) is 1. The van der Waals surface area contributed by atoms with Crippen LogP contribution in [-0.4, -0.2) is 33.9 Å². The van der Waals surface area contributed by atoms with Crippen LogP contribution in [0.25, 0.3) is 11.3 Å². The molecule has 1 saturated carbocycles. The third kappa shape index (κ3) is 2.75.